The van der Waals surface area contributed by atoms with E-state index in [1.807, 2.05) is 31.2 Å². The summed E-state index contributed by atoms with van der Waals surface area (Å²) >= 11 is 0. The Bertz CT molecular complexity index is 447. The predicted molar refractivity (Wildman–Crippen MR) is 70.3 cm³/mol. The molecule has 1 aliphatic heterocycles. The van der Waals surface area contributed by atoms with Gasteiger partial charge in [-0.15, -0.1) is 0 Å². The quantitative estimate of drug-likeness (QED) is 0.846. The van der Waals surface area contributed by atoms with Gasteiger partial charge in [-0.3, -0.25) is 4.79 Å². The maximum atomic E-state index is 11.4. The molecule has 0 fully saturated rings. The molecule has 0 bridgehead atoms. The Balaban J connectivity index is 2.51. The number of amides is 1. The third-order valence-corrected chi connectivity index (χ3v) is 3.64. The second-order valence-electron chi connectivity index (χ2n) is 4.85. The van der Waals surface area contributed by atoms with Crippen LogP contribution in [0.5, 0.6) is 5.75 Å². The van der Waals surface area contributed by atoms with Crippen LogP contribution in [0.25, 0.3) is 0 Å². The van der Waals surface area contributed by atoms with Gasteiger partial charge in [-0.25, -0.2) is 0 Å². The van der Waals surface area contributed by atoms with Crippen molar-refractivity contribution in [1.29, 1.82) is 0 Å². The van der Waals surface area contributed by atoms with Gasteiger partial charge in [0.05, 0.1) is 12.1 Å². The topological polar surface area (TPSA) is 64.3 Å². The first-order valence-electron chi connectivity index (χ1n) is 6.35. The van der Waals surface area contributed by atoms with Crippen molar-refractivity contribution in [2.45, 2.75) is 25.8 Å². The summed E-state index contributed by atoms with van der Waals surface area (Å²) in [5.74, 6) is 0.747. The molecule has 1 aliphatic rings. The molecule has 4 heteroatoms. The molecule has 1 amide bonds. The standard InChI is InChI=1S/C14H20N2O2/c1-3-16-14(8-13(15)17)10(2)9-18-12-7-5-4-6-11(12)14/h4-7,10,16H,3,8-9H2,1-2H3,(H2,15,17). The summed E-state index contributed by atoms with van der Waals surface area (Å²) in [6.45, 7) is 5.50. The van der Waals surface area contributed by atoms with E-state index in [0.29, 0.717) is 13.0 Å². The zero-order chi connectivity index (χ0) is 13.2. The van der Waals surface area contributed by atoms with E-state index in [1.54, 1.807) is 0 Å². The molecule has 0 aromatic heterocycles. The van der Waals surface area contributed by atoms with E-state index in [4.69, 9.17) is 10.5 Å². The van der Waals surface area contributed by atoms with Crippen molar-refractivity contribution in [3.63, 3.8) is 0 Å². The molecule has 0 saturated carbocycles. The zero-order valence-electron chi connectivity index (χ0n) is 10.9. The molecule has 2 atom stereocenters. The van der Waals surface area contributed by atoms with Crippen LogP contribution >= 0.6 is 0 Å². The van der Waals surface area contributed by atoms with Crippen molar-refractivity contribution in [1.82, 2.24) is 5.32 Å². The fourth-order valence-corrected chi connectivity index (χ4v) is 2.78. The number of hydrogen-bond acceptors (Lipinski definition) is 3. The van der Waals surface area contributed by atoms with Crippen LogP contribution in [0.15, 0.2) is 24.3 Å². The third kappa shape index (κ3) is 2.08. The Hall–Kier alpha value is -1.55. The van der Waals surface area contributed by atoms with Crippen LogP contribution in [-0.4, -0.2) is 19.1 Å². The Morgan fingerprint density at radius 3 is 2.94 bits per heavy atom. The number of rotatable bonds is 4. The van der Waals surface area contributed by atoms with Crippen molar-refractivity contribution in [3.8, 4) is 5.75 Å². The Kier molecular flexibility index (Phi) is 3.57. The van der Waals surface area contributed by atoms with Crippen LogP contribution in [0.3, 0.4) is 0 Å². The molecule has 1 aromatic rings. The number of nitrogens with two attached hydrogens (primary N) is 1. The summed E-state index contributed by atoms with van der Waals surface area (Å²) in [7, 11) is 0. The molecule has 0 spiro atoms. The van der Waals surface area contributed by atoms with E-state index in [9.17, 15) is 4.79 Å². The molecule has 1 aromatic carbocycles. The molecular formula is C14H20N2O2. The van der Waals surface area contributed by atoms with Crippen molar-refractivity contribution in [3.05, 3.63) is 29.8 Å². The van der Waals surface area contributed by atoms with E-state index in [0.717, 1.165) is 17.9 Å². The van der Waals surface area contributed by atoms with Crippen LogP contribution in [0.1, 0.15) is 25.8 Å². The molecule has 0 aliphatic carbocycles. The van der Waals surface area contributed by atoms with Crippen LogP contribution in [-0.2, 0) is 10.3 Å². The van der Waals surface area contributed by atoms with Crippen molar-refractivity contribution >= 4 is 5.91 Å². The van der Waals surface area contributed by atoms with Gasteiger partial charge in [-0.1, -0.05) is 32.0 Å². The summed E-state index contributed by atoms with van der Waals surface area (Å²) in [5, 5.41) is 3.45. The number of benzene rings is 1. The molecule has 0 saturated heterocycles. The average Bonchev–Trinajstić information content (AvgIpc) is 2.34. The molecule has 98 valence electrons. The highest BCUT2D eigenvalue weighted by Crippen LogP contribution is 2.42. The number of carbonyl (C=O) groups is 1. The minimum absolute atomic E-state index is 0.194. The second kappa shape index (κ2) is 4.98. The number of ether oxygens (including phenoxy) is 1. The molecule has 2 rings (SSSR count). The number of hydrogen-bond donors (Lipinski definition) is 2. The molecule has 0 radical (unpaired) electrons. The smallest absolute Gasteiger partial charge is 0.219 e. The molecule has 2 unspecified atom stereocenters. The first-order valence-corrected chi connectivity index (χ1v) is 6.35. The van der Waals surface area contributed by atoms with Gasteiger partial charge in [0.2, 0.25) is 5.91 Å². The van der Waals surface area contributed by atoms with Gasteiger partial charge in [0.1, 0.15) is 5.75 Å². The summed E-state index contributed by atoms with van der Waals surface area (Å²) in [4.78, 5) is 11.4. The van der Waals surface area contributed by atoms with Crippen molar-refractivity contribution in [2.75, 3.05) is 13.2 Å². The number of carbonyl (C=O) groups excluding carboxylic acids is 1. The van der Waals surface area contributed by atoms with Crippen LogP contribution in [0.2, 0.25) is 0 Å². The van der Waals surface area contributed by atoms with Gasteiger partial charge in [0.15, 0.2) is 0 Å². The second-order valence-corrected chi connectivity index (χ2v) is 4.85. The number of nitrogens with one attached hydrogen (secondary N) is 1. The fourth-order valence-electron chi connectivity index (χ4n) is 2.78. The van der Waals surface area contributed by atoms with Gasteiger partial charge < -0.3 is 15.8 Å². The highest BCUT2D eigenvalue weighted by Gasteiger charge is 2.43. The van der Waals surface area contributed by atoms with E-state index >= 15 is 0 Å². The molecular weight excluding hydrogens is 228 g/mol. The Labute approximate surface area is 108 Å². The van der Waals surface area contributed by atoms with E-state index in [1.165, 1.54) is 0 Å². The van der Waals surface area contributed by atoms with E-state index in [-0.39, 0.29) is 11.8 Å². The molecule has 18 heavy (non-hydrogen) atoms. The van der Waals surface area contributed by atoms with Gasteiger partial charge >= 0.3 is 0 Å². The van der Waals surface area contributed by atoms with E-state index in [2.05, 4.69) is 12.2 Å². The SMILES string of the molecule is CCNC1(CC(N)=O)c2ccccc2OCC1C. The third-order valence-electron chi connectivity index (χ3n) is 3.64. The largest absolute Gasteiger partial charge is 0.493 e. The van der Waals surface area contributed by atoms with Crippen LogP contribution in [0, 0.1) is 5.92 Å². The monoisotopic (exact) mass is 248 g/mol. The van der Waals surface area contributed by atoms with Crippen LogP contribution < -0.4 is 15.8 Å². The Morgan fingerprint density at radius 1 is 1.56 bits per heavy atom. The summed E-state index contributed by atoms with van der Waals surface area (Å²) < 4.78 is 5.73. The lowest BCUT2D eigenvalue weighted by Gasteiger charge is -2.43. The molecule has 4 nitrogen and oxygen atoms in total. The zero-order valence-corrected chi connectivity index (χ0v) is 10.9. The summed E-state index contributed by atoms with van der Waals surface area (Å²) in [6, 6.07) is 7.86. The van der Waals surface area contributed by atoms with Crippen molar-refractivity contribution < 1.29 is 9.53 Å². The number of para-hydroxylation sites is 1. The van der Waals surface area contributed by atoms with Gasteiger partial charge in [0.25, 0.3) is 0 Å². The van der Waals surface area contributed by atoms with Gasteiger partial charge in [-0.05, 0) is 12.6 Å². The number of fused-ring (bicyclic) bond motifs is 1. The summed E-state index contributed by atoms with van der Waals surface area (Å²) in [6.07, 6.45) is 0.294. The lowest BCUT2D eigenvalue weighted by atomic mass is 9.74. The van der Waals surface area contributed by atoms with Gasteiger partial charge in [0, 0.05) is 17.9 Å². The maximum absolute atomic E-state index is 11.4. The lowest BCUT2D eigenvalue weighted by molar-refractivity contribution is -0.120. The first kappa shape index (κ1) is 12.9. The molecule has 3 N–H and O–H groups in total. The van der Waals surface area contributed by atoms with Crippen molar-refractivity contribution in [2.24, 2.45) is 11.7 Å². The summed E-state index contributed by atoms with van der Waals surface area (Å²) in [5.41, 5.74) is 6.06. The average molecular weight is 248 g/mol. The number of primary amides is 1. The normalized spacial score (nSPS) is 26.2. The highest BCUT2D eigenvalue weighted by atomic mass is 16.5. The van der Waals surface area contributed by atoms with Crippen LogP contribution in [0.4, 0.5) is 0 Å². The van der Waals surface area contributed by atoms with Gasteiger partial charge in [-0.2, -0.15) is 0 Å². The fraction of sp³-hybridized carbons (Fsp3) is 0.500. The predicted octanol–water partition coefficient (Wildman–Crippen LogP) is 1.40. The first-order chi connectivity index (χ1) is 8.60. The molecule has 1 heterocycles. The minimum Gasteiger partial charge on any atom is -0.493 e. The highest BCUT2D eigenvalue weighted by molar-refractivity contribution is 5.76. The maximum Gasteiger partial charge on any atom is 0.219 e. The minimum atomic E-state index is -0.407. The van der Waals surface area contributed by atoms with E-state index < -0.39 is 5.54 Å². The Morgan fingerprint density at radius 2 is 2.28 bits per heavy atom. The lowest BCUT2D eigenvalue weighted by Crippen LogP contribution is -2.53.